The zero-order valence-electron chi connectivity index (χ0n) is 24.2. The van der Waals surface area contributed by atoms with Crippen LogP contribution in [-0.4, -0.2) is 37.8 Å². The molecule has 1 aliphatic heterocycles. The molecule has 2 aromatic rings. The van der Waals surface area contributed by atoms with Crippen LogP contribution in [0, 0.1) is 22.9 Å². The van der Waals surface area contributed by atoms with Crippen LogP contribution in [0.2, 0.25) is 0 Å². The van der Waals surface area contributed by atoms with Crippen molar-refractivity contribution in [2.45, 2.75) is 73.3 Å². The van der Waals surface area contributed by atoms with Crippen LogP contribution < -0.4 is 10.2 Å². The van der Waals surface area contributed by atoms with Crippen molar-refractivity contribution in [2.75, 3.05) is 18.5 Å². The van der Waals surface area contributed by atoms with Gasteiger partial charge in [0, 0.05) is 12.7 Å². The maximum atomic E-state index is 12.7. The Labute approximate surface area is 230 Å². The van der Waals surface area contributed by atoms with Crippen LogP contribution in [0.25, 0.3) is 6.08 Å². The lowest BCUT2D eigenvalue weighted by atomic mass is 9.98. The zero-order chi connectivity index (χ0) is 29.7. The zero-order valence-corrected chi connectivity index (χ0v) is 24.2. The van der Waals surface area contributed by atoms with Gasteiger partial charge in [-0.05, 0) is 79.6 Å². The van der Waals surface area contributed by atoms with Gasteiger partial charge in [0.25, 0.3) is 5.91 Å². The lowest BCUT2D eigenvalue weighted by Crippen LogP contribution is -2.40. The molecule has 0 aliphatic carbocycles. The molecule has 3 rings (SSSR count). The van der Waals surface area contributed by atoms with Crippen molar-refractivity contribution in [3.05, 3.63) is 70.2 Å². The summed E-state index contributed by atoms with van der Waals surface area (Å²) >= 11 is 0. The fraction of sp³-hybridized carbons (Fsp3) is 0.433. The Morgan fingerprint density at radius 1 is 1.21 bits per heavy atom. The van der Waals surface area contributed by atoms with Crippen molar-refractivity contribution < 1.29 is 22.7 Å². The molecule has 39 heavy (non-hydrogen) atoms. The molecule has 2 atom stereocenters. The van der Waals surface area contributed by atoms with Crippen LogP contribution in [0.1, 0.15) is 77.5 Å². The van der Waals surface area contributed by atoms with E-state index in [1.54, 1.807) is 19.3 Å². The van der Waals surface area contributed by atoms with Crippen LogP contribution in [-0.2, 0) is 16.0 Å². The standard InChI is InChI=1S/C18H24N4O2.C10H11F3.C2H6/c1-5-15-8-14(9-17-18(23)20-10-12(2)24-17)6-7-16(15)22(4)11-21-13(3)19;1-3-6(2)7-4-8(11)10(13)9(12)5-7;1-2/h6-9,11-12,19H,5,10H2,1-4H3,(H,20,23);4-6H,3H2,1-2H3;1-2H3/b17-9-,19-13?,21-11?;;/t12-;6-;/m00./s1. The second-order valence-electron chi connectivity index (χ2n) is 8.94. The third kappa shape index (κ3) is 10.2. The number of nitrogens with zero attached hydrogens (tertiary/aromatic N) is 2. The van der Waals surface area contributed by atoms with E-state index >= 15 is 0 Å². The van der Waals surface area contributed by atoms with Crippen molar-refractivity contribution in [3.8, 4) is 0 Å². The second kappa shape index (κ2) is 16.4. The number of ether oxygens (including phenoxy) is 1. The van der Waals surface area contributed by atoms with Crippen LogP contribution in [0.4, 0.5) is 18.9 Å². The number of anilines is 1. The molecule has 0 aromatic heterocycles. The molecule has 1 saturated heterocycles. The second-order valence-corrected chi connectivity index (χ2v) is 8.94. The first-order chi connectivity index (χ1) is 18.5. The molecular weight excluding hydrogens is 505 g/mol. The average molecular weight is 547 g/mol. The topological polar surface area (TPSA) is 77.8 Å². The predicted molar refractivity (Wildman–Crippen MR) is 154 cm³/mol. The number of aliphatic imine (C=N–C) groups is 1. The van der Waals surface area contributed by atoms with E-state index in [4.69, 9.17) is 10.1 Å². The van der Waals surface area contributed by atoms with Crippen molar-refractivity contribution in [2.24, 2.45) is 4.99 Å². The molecule has 2 aromatic carbocycles. The number of carbonyl (C=O) groups excluding carboxylic acids is 1. The number of hydrogen-bond acceptors (Lipinski definition) is 3. The maximum Gasteiger partial charge on any atom is 0.286 e. The highest BCUT2D eigenvalue weighted by molar-refractivity contribution is 5.96. The highest BCUT2D eigenvalue weighted by atomic mass is 19.2. The third-order valence-electron chi connectivity index (χ3n) is 5.88. The van der Waals surface area contributed by atoms with Gasteiger partial charge in [-0.1, -0.05) is 40.7 Å². The molecule has 2 N–H and O–H groups in total. The Kier molecular flexibility index (Phi) is 14.0. The largest absolute Gasteiger partial charge is 0.483 e. The maximum absolute atomic E-state index is 12.7. The van der Waals surface area contributed by atoms with Gasteiger partial charge < -0.3 is 15.0 Å². The molecule has 0 unspecified atom stereocenters. The molecule has 0 radical (unpaired) electrons. The Morgan fingerprint density at radius 3 is 2.36 bits per heavy atom. The van der Waals surface area contributed by atoms with E-state index in [0.717, 1.165) is 41.8 Å². The summed E-state index contributed by atoms with van der Waals surface area (Å²) in [5.74, 6) is -3.16. The number of carbonyl (C=O) groups is 1. The number of rotatable bonds is 6. The lowest BCUT2D eigenvalue weighted by molar-refractivity contribution is -0.125. The van der Waals surface area contributed by atoms with Crippen LogP contribution in [0.15, 0.2) is 41.1 Å². The molecule has 9 heteroatoms. The highest BCUT2D eigenvalue weighted by Crippen LogP contribution is 2.24. The third-order valence-corrected chi connectivity index (χ3v) is 5.88. The quantitative estimate of drug-likeness (QED) is 0.174. The number of hydrogen-bond donors (Lipinski definition) is 2. The van der Waals surface area contributed by atoms with Gasteiger partial charge in [0.15, 0.2) is 23.2 Å². The predicted octanol–water partition coefficient (Wildman–Crippen LogP) is 7.23. The first-order valence-electron chi connectivity index (χ1n) is 13.2. The normalized spacial score (nSPS) is 16.3. The smallest absolute Gasteiger partial charge is 0.286 e. The van der Waals surface area contributed by atoms with E-state index in [1.165, 1.54) is 0 Å². The summed E-state index contributed by atoms with van der Waals surface area (Å²) in [5, 5.41) is 10.2. The van der Waals surface area contributed by atoms with Crippen molar-refractivity contribution >= 4 is 29.8 Å². The number of halogens is 3. The molecule has 1 heterocycles. The van der Waals surface area contributed by atoms with Gasteiger partial charge in [0.1, 0.15) is 11.9 Å². The van der Waals surface area contributed by atoms with Gasteiger partial charge in [-0.3, -0.25) is 10.2 Å². The minimum Gasteiger partial charge on any atom is -0.483 e. The summed E-state index contributed by atoms with van der Waals surface area (Å²) in [5.41, 5.74) is 3.57. The van der Waals surface area contributed by atoms with Gasteiger partial charge in [-0.25, -0.2) is 18.2 Å². The SMILES string of the molecule is CC.CC[C@H](C)c1cc(F)c(F)c(F)c1.CCc1cc(/C=C2\O[C@@H](C)CNC2=O)ccc1N(C)C=NC(C)=N. The molecule has 1 amide bonds. The fourth-order valence-electron chi connectivity index (χ4n) is 3.54. The van der Waals surface area contributed by atoms with Gasteiger partial charge in [-0.2, -0.15) is 0 Å². The minimum absolute atomic E-state index is 0.0226. The molecule has 0 spiro atoms. The Morgan fingerprint density at radius 2 is 1.82 bits per heavy atom. The average Bonchev–Trinajstić information content (AvgIpc) is 2.93. The summed E-state index contributed by atoms with van der Waals surface area (Å²) in [6.07, 6.45) is 4.99. The molecule has 6 nitrogen and oxygen atoms in total. The molecular formula is C30H41F3N4O2. The number of morpholine rings is 1. The molecule has 0 bridgehead atoms. The fourth-order valence-corrected chi connectivity index (χ4v) is 3.54. The van der Waals surface area contributed by atoms with E-state index in [9.17, 15) is 18.0 Å². The van der Waals surface area contributed by atoms with E-state index < -0.39 is 17.5 Å². The summed E-state index contributed by atoms with van der Waals surface area (Å²) in [7, 11) is 1.90. The number of amidine groups is 1. The summed E-state index contributed by atoms with van der Waals surface area (Å²) in [4.78, 5) is 17.8. The first-order valence-corrected chi connectivity index (χ1v) is 13.2. The van der Waals surface area contributed by atoms with Gasteiger partial charge in [0.05, 0.1) is 12.9 Å². The summed E-state index contributed by atoms with van der Waals surface area (Å²) in [6, 6.07) is 8.07. The van der Waals surface area contributed by atoms with E-state index in [2.05, 4.69) is 17.2 Å². The van der Waals surface area contributed by atoms with Gasteiger partial charge in [-0.15, -0.1) is 0 Å². The molecule has 1 aliphatic rings. The Hall–Kier alpha value is -3.62. The summed E-state index contributed by atoms with van der Waals surface area (Å²) in [6.45, 7) is 13.9. The Balaban J connectivity index is 0.000000428. The van der Waals surface area contributed by atoms with Gasteiger partial charge >= 0.3 is 0 Å². The van der Waals surface area contributed by atoms with Crippen LogP contribution in [0.3, 0.4) is 0 Å². The molecule has 214 valence electrons. The van der Waals surface area contributed by atoms with Crippen LogP contribution in [0.5, 0.6) is 0 Å². The Bertz CT molecular complexity index is 1160. The van der Waals surface area contributed by atoms with Crippen molar-refractivity contribution in [1.82, 2.24) is 5.32 Å². The van der Waals surface area contributed by atoms with Crippen molar-refractivity contribution in [1.29, 1.82) is 5.41 Å². The minimum atomic E-state index is -1.40. The van der Waals surface area contributed by atoms with E-state index in [0.29, 0.717) is 17.9 Å². The lowest BCUT2D eigenvalue weighted by Gasteiger charge is -2.23. The highest BCUT2D eigenvalue weighted by Gasteiger charge is 2.21. The molecule has 1 fully saturated rings. The summed E-state index contributed by atoms with van der Waals surface area (Å²) < 4.78 is 43.6. The number of aryl methyl sites for hydroxylation is 1. The van der Waals surface area contributed by atoms with E-state index in [-0.39, 0.29) is 23.8 Å². The van der Waals surface area contributed by atoms with Crippen LogP contribution >= 0.6 is 0 Å². The number of amides is 1. The first kappa shape index (κ1) is 33.4. The van der Waals surface area contributed by atoms with Crippen molar-refractivity contribution in [3.63, 3.8) is 0 Å². The van der Waals surface area contributed by atoms with Gasteiger partial charge in [0.2, 0.25) is 0 Å². The molecule has 0 saturated carbocycles. The number of benzene rings is 2. The monoisotopic (exact) mass is 546 g/mol. The van der Waals surface area contributed by atoms with E-state index in [1.807, 2.05) is 64.8 Å². The number of nitrogens with one attached hydrogen (secondary N) is 2.